The van der Waals surface area contributed by atoms with E-state index in [4.69, 9.17) is 4.74 Å². The highest BCUT2D eigenvalue weighted by molar-refractivity contribution is 6.00. The molecule has 0 aliphatic heterocycles. The molecule has 0 aliphatic carbocycles. The molecule has 0 heterocycles. The fourth-order valence-electron chi connectivity index (χ4n) is 2.24. The van der Waals surface area contributed by atoms with Crippen molar-refractivity contribution in [3.8, 4) is 0 Å². The molecule has 2 aromatic rings. The van der Waals surface area contributed by atoms with E-state index >= 15 is 0 Å². The van der Waals surface area contributed by atoms with Crippen LogP contribution in [0.15, 0.2) is 60.7 Å². The first kappa shape index (κ1) is 15.9. The molecule has 0 saturated heterocycles. The van der Waals surface area contributed by atoms with E-state index in [0.717, 1.165) is 5.56 Å². The molecule has 0 saturated carbocycles. The Kier molecular flexibility index (Phi) is 5.44. The number of benzene rings is 2. The maximum Gasteiger partial charge on any atom is 0.327 e. The molecule has 0 fully saturated rings. The van der Waals surface area contributed by atoms with Crippen LogP contribution >= 0.6 is 0 Å². The molecule has 0 amide bonds. The maximum absolute atomic E-state index is 12.4. The SMILES string of the molecule is COC(=O)[C@@H](N[C@@H](C)C(=O)c1ccccc1)c1ccccc1. The first-order chi connectivity index (χ1) is 10.6. The van der Waals surface area contributed by atoms with Crippen LogP contribution in [-0.4, -0.2) is 24.9 Å². The molecule has 4 heteroatoms. The smallest absolute Gasteiger partial charge is 0.327 e. The van der Waals surface area contributed by atoms with Crippen LogP contribution in [0.4, 0.5) is 0 Å². The highest BCUT2D eigenvalue weighted by Gasteiger charge is 2.26. The Morgan fingerprint density at radius 3 is 2.05 bits per heavy atom. The van der Waals surface area contributed by atoms with Gasteiger partial charge in [-0.3, -0.25) is 10.1 Å². The van der Waals surface area contributed by atoms with E-state index < -0.39 is 18.1 Å². The molecule has 0 bridgehead atoms. The number of carbonyl (C=O) groups is 2. The summed E-state index contributed by atoms with van der Waals surface area (Å²) in [4.78, 5) is 24.4. The van der Waals surface area contributed by atoms with Crippen LogP contribution in [0.25, 0.3) is 0 Å². The van der Waals surface area contributed by atoms with E-state index in [0.29, 0.717) is 5.56 Å². The van der Waals surface area contributed by atoms with Crippen LogP contribution < -0.4 is 5.32 Å². The summed E-state index contributed by atoms with van der Waals surface area (Å²) in [7, 11) is 1.34. The minimum absolute atomic E-state index is 0.0644. The first-order valence-corrected chi connectivity index (χ1v) is 7.11. The van der Waals surface area contributed by atoms with Gasteiger partial charge >= 0.3 is 5.97 Å². The Bertz CT molecular complexity index is 625. The second-order valence-electron chi connectivity index (χ2n) is 4.99. The van der Waals surface area contributed by atoms with E-state index in [1.165, 1.54) is 7.11 Å². The van der Waals surface area contributed by atoms with E-state index in [2.05, 4.69) is 5.32 Å². The van der Waals surface area contributed by atoms with Gasteiger partial charge in [-0.1, -0.05) is 60.7 Å². The normalized spacial score (nSPS) is 13.2. The minimum Gasteiger partial charge on any atom is -0.468 e. The van der Waals surface area contributed by atoms with Gasteiger partial charge in [0.15, 0.2) is 5.78 Å². The molecule has 2 rings (SSSR count). The molecule has 2 atom stereocenters. The molecule has 114 valence electrons. The number of Topliss-reactive ketones (excluding diaryl/α,β-unsaturated/α-hetero) is 1. The maximum atomic E-state index is 12.4. The van der Waals surface area contributed by atoms with Crippen molar-refractivity contribution >= 4 is 11.8 Å². The van der Waals surface area contributed by atoms with E-state index in [9.17, 15) is 9.59 Å². The quantitative estimate of drug-likeness (QED) is 0.658. The van der Waals surface area contributed by atoms with Crippen LogP contribution in [0.2, 0.25) is 0 Å². The molecule has 0 aliphatic rings. The summed E-state index contributed by atoms with van der Waals surface area (Å²) in [5, 5.41) is 3.06. The predicted octanol–water partition coefficient (Wildman–Crippen LogP) is 2.76. The third kappa shape index (κ3) is 3.80. The summed E-state index contributed by atoms with van der Waals surface area (Å²) in [6.07, 6.45) is 0. The van der Waals surface area contributed by atoms with Crippen molar-refractivity contribution in [1.82, 2.24) is 5.32 Å². The molecule has 0 radical (unpaired) electrons. The van der Waals surface area contributed by atoms with E-state index in [1.54, 1.807) is 19.1 Å². The Labute approximate surface area is 130 Å². The second-order valence-corrected chi connectivity index (χ2v) is 4.99. The predicted molar refractivity (Wildman–Crippen MR) is 84.6 cm³/mol. The minimum atomic E-state index is -0.672. The van der Waals surface area contributed by atoms with Crippen LogP contribution in [-0.2, 0) is 9.53 Å². The van der Waals surface area contributed by atoms with Gasteiger partial charge in [0, 0.05) is 5.56 Å². The summed E-state index contributed by atoms with van der Waals surface area (Å²) in [5.74, 6) is -0.482. The molecular weight excluding hydrogens is 278 g/mol. The number of hydrogen-bond donors (Lipinski definition) is 1. The summed E-state index contributed by atoms with van der Waals surface area (Å²) in [5.41, 5.74) is 1.38. The molecule has 1 N–H and O–H groups in total. The lowest BCUT2D eigenvalue weighted by Gasteiger charge is -2.21. The number of methoxy groups -OCH3 is 1. The Hall–Kier alpha value is -2.46. The Morgan fingerprint density at radius 2 is 1.50 bits per heavy atom. The number of carbonyl (C=O) groups excluding carboxylic acids is 2. The van der Waals surface area contributed by atoms with Crippen molar-refractivity contribution in [3.63, 3.8) is 0 Å². The molecule has 4 nitrogen and oxygen atoms in total. The number of esters is 1. The lowest BCUT2D eigenvalue weighted by molar-refractivity contribution is -0.143. The van der Waals surface area contributed by atoms with Crippen LogP contribution in [0.3, 0.4) is 0 Å². The van der Waals surface area contributed by atoms with Crippen molar-refractivity contribution < 1.29 is 14.3 Å². The third-order valence-electron chi connectivity index (χ3n) is 3.44. The monoisotopic (exact) mass is 297 g/mol. The van der Waals surface area contributed by atoms with Gasteiger partial charge in [0.25, 0.3) is 0 Å². The van der Waals surface area contributed by atoms with Crippen molar-refractivity contribution in [2.75, 3.05) is 7.11 Å². The highest BCUT2D eigenvalue weighted by atomic mass is 16.5. The van der Waals surface area contributed by atoms with Crippen LogP contribution in [0, 0.1) is 0 Å². The van der Waals surface area contributed by atoms with Crippen molar-refractivity contribution in [2.24, 2.45) is 0 Å². The fraction of sp³-hybridized carbons (Fsp3) is 0.222. The van der Waals surface area contributed by atoms with Crippen molar-refractivity contribution in [3.05, 3.63) is 71.8 Å². The van der Waals surface area contributed by atoms with E-state index in [1.807, 2.05) is 48.5 Å². The number of ether oxygens (including phenoxy) is 1. The average molecular weight is 297 g/mol. The van der Waals surface area contributed by atoms with Gasteiger partial charge in [-0.15, -0.1) is 0 Å². The zero-order valence-electron chi connectivity index (χ0n) is 12.7. The van der Waals surface area contributed by atoms with E-state index in [-0.39, 0.29) is 5.78 Å². The number of hydrogen-bond acceptors (Lipinski definition) is 4. The largest absolute Gasteiger partial charge is 0.468 e. The lowest BCUT2D eigenvalue weighted by Crippen LogP contribution is -2.40. The fourth-order valence-corrected chi connectivity index (χ4v) is 2.24. The topological polar surface area (TPSA) is 55.4 Å². The molecular formula is C18H19NO3. The van der Waals surface area contributed by atoms with Gasteiger partial charge < -0.3 is 4.74 Å². The Morgan fingerprint density at radius 1 is 0.955 bits per heavy atom. The lowest BCUT2D eigenvalue weighted by atomic mass is 10.0. The zero-order chi connectivity index (χ0) is 15.9. The third-order valence-corrected chi connectivity index (χ3v) is 3.44. The Balaban J connectivity index is 2.17. The summed E-state index contributed by atoms with van der Waals surface area (Å²) in [6, 6.07) is 17.0. The van der Waals surface area contributed by atoms with Gasteiger partial charge in [0.2, 0.25) is 0 Å². The summed E-state index contributed by atoms with van der Waals surface area (Å²) in [6.45, 7) is 1.74. The number of rotatable bonds is 6. The van der Waals surface area contributed by atoms with Gasteiger partial charge in [0.05, 0.1) is 13.2 Å². The molecule has 22 heavy (non-hydrogen) atoms. The van der Waals surface area contributed by atoms with Gasteiger partial charge in [0.1, 0.15) is 6.04 Å². The average Bonchev–Trinajstić information content (AvgIpc) is 2.59. The number of nitrogens with one attached hydrogen (secondary N) is 1. The summed E-state index contributed by atoms with van der Waals surface area (Å²) >= 11 is 0. The summed E-state index contributed by atoms with van der Waals surface area (Å²) < 4.78 is 4.84. The molecule has 0 aromatic heterocycles. The van der Waals surface area contributed by atoms with Gasteiger partial charge in [-0.05, 0) is 12.5 Å². The first-order valence-electron chi connectivity index (χ1n) is 7.11. The van der Waals surface area contributed by atoms with Crippen LogP contribution in [0.5, 0.6) is 0 Å². The zero-order valence-corrected chi connectivity index (χ0v) is 12.7. The number of ketones is 1. The molecule has 0 spiro atoms. The highest BCUT2D eigenvalue weighted by Crippen LogP contribution is 2.16. The standard InChI is InChI=1S/C18H19NO3/c1-13(17(20)15-11-7-4-8-12-15)19-16(18(21)22-2)14-9-5-3-6-10-14/h3-13,16,19H,1-2H3/t13-,16-/m0/s1. The second kappa shape index (κ2) is 7.52. The van der Waals surface area contributed by atoms with Crippen LogP contribution in [0.1, 0.15) is 28.9 Å². The van der Waals surface area contributed by atoms with Gasteiger partial charge in [-0.25, -0.2) is 4.79 Å². The molecule has 2 aromatic carbocycles. The van der Waals surface area contributed by atoms with Gasteiger partial charge in [-0.2, -0.15) is 0 Å². The van der Waals surface area contributed by atoms with Crippen molar-refractivity contribution in [2.45, 2.75) is 19.0 Å². The molecule has 0 unspecified atom stereocenters. The van der Waals surface area contributed by atoms with Crippen molar-refractivity contribution in [1.29, 1.82) is 0 Å².